The maximum atomic E-state index is 14.9. The molecule has 0 saturated heterocycles. The Balaban J connectivity index is 1.78. The fourth-order valence-corrected chi connectivity index (χ4v) is 5.56. The molecule has 0 saturated carbocycles. The third-order valence-electron chi connectivity index (χ3n) is 7.50. The standard InChI is InChI=1S/C31H25F2N3O5/c1-31(2)9-8-17-14-34-16-35(15-17)41-25-10-18(4-6-21(25)30(38)39)27-28-23(11-19(32)12-24(28)37)36(29(27)31)20-5-7-22(33)26(13-20)40-3/h4-7,10-16H,8-9H2,1-3H3,(H-,37,38,39)/p+1. The van der Waals surface area contributed by atoms with Crippen molar-refractivity contribution in [1.29, 1.82) is 0 Å². The van der Waals surface area contributed by atoms with Crippen molar-refractivity contribution in [3.63, 3.8) is 0 Å². The van der Waals surface area contributed by atoms with E-state index in [0.29, 0.717) is 46.3 Å². The summed E-state index contributed by atoms with van der Waals surface area (Å²) in [4.78, 5) is 22.3. The number of ether oxygens (including phenoxy) is 1. The van der Waals surface area contributed by atoms with E-state index >= 15 is 0 Å². The third kappa shape index (κ3) is 4.41. The van der Waals surface area contributed by atoms with E-state index in [9.17, 15) is 23.8 Å². The summed E-state index contributed by atoms with van der Waals surface area (Å²) in [6.07, 6.45) is 6.05. The van der Waals surface area contributed by atoms with Crippen molar-refractivity contribution in [3.05, 3.63) is 95.7 Å². The molecule has 0 radical (unpaired) electrons. The average Bonchev–Trinajstić information content (AvgIpc) is 3.28. The lowest BCUT2D eigenvalue weighted by molar-refractivity contribution is -0.877. The van der Waals surface area contributed by atoms with Gasteiger partial charge in [0.2, 0.25) is 0 Å². The molecule has 1 aliphatic heterocycles. The van der Waals surface area contributed by atoms with E-state index < -0.39 is 23.0 Å². The largest absolute Gasteiger partial charge is 0.507 e. The van der Waals surface area contributed by atoms with Crippen LogP contribution in [0.3, 0.4) is 0 Å². The molecule has 5 aromatic rings. The van der Waals surface area contributed by atoms with Gasteiger partial charge in [0.1, 0.15) is 29.5 Å². The van der Waals surface area contributed by atoms with Gasteiger partial charge in [0, 0.05) is 40.1 Å². The van der Waals surface area contributed by atoms with Crippen LogP contribution in [0.25, 0.3) is 27.7 Å². The molecule has 41 heavy (non-hydrogen) atoms. The average molecular weight is 559 g/mol. The lowest BCUT2D eigenvalue weighted by Gasteiger charge is -2.29. The Morgan fingerprint density at radius 3 is 2.71 bits per heavy atom. The molecule has 6 rings (SSSR count). The molecule has 208 valence electrons. The first-order chi connectivity index (χ1) is 19.6. The predicted molar refractivity (Wildman–Crippen MR) is 146 cm³/mol. The number of carboxylic acid groups (broad SMARTS) is 1. The van der Waals surface area contributed by atoms with Crippen LogP contribution in [0, 0.1) is 11.6 Å². The minimum atomic E-state index is -1.19. The summed E-state index contributed by atoms with van der Waals surface area (Å²) < 4.78 is 37.8. The number of carbonyl (C=O) groups is 1. The maximum Gasteiger partial charge on any atom is 0.339 e. The first-order valence-corrected chi connectivity index (χ1v) is 12.9. The number of hydrogen-bond donors (Lipinski definition) is 2. The molecule has 0 atom stereocenters. The zero-order valence-corrected chi connectivity index (χ0v) is 22.5. The first kappa shape index (κ1) is 26.2. The number of hydrogen-bond acceptors (Lipinski definition) is 5. The van der Waals surface area contributed by atoms with E-state index in [0.717, 1.165) is 11.6 Å². The summed E-state index contributed by atoms with van der Waals surface area (Å²) in [6, 6.07) is 11.4. The number of aromatic hydroxyl groups is 1. The fraction of sp³-hybridized carbons (Fsp3) is 0.194. The molecule has 4 bridgehead atoms. The highest BCUT2D eigenvalue weighted by Gasteiger charge is 2.34. The number of nitrogens with zero attached hydrogens (tertiary/aromatic N) is 3. The van der Waals surface area contributed by atoms with Gasteiger partial charge in [0.15, 0.2) is 17.3 Å². The number of phenolic OH excluding ortho intramolecular Hbond substituents is 1. The summed E-state index contributed by atoms with van der Waals surface area (Å²) in [5, 5.41) is 21.4. The van der Waals surface area contributed by atoms with Crippen LogP contribution in [0.4, 0.5) is 8.78 Å². The number of fused-ring (bicyclic) bond motifs is 8. The zero-order chi connectivity index (χ0) is 29.1. The Morgan fingerprint density at radius 1 is 1.15 bits per heavy atom. The smallest absolute Gasteiger partial charge is 0.339 e. The van der Waals surface area contributed by atoms with Gasteiger partial charge in [-0.1, -0.05) is 24.9 Å². The van der Waals surface area contributed by atoms with Gasteiger partial charge in [0.25, 0.3) is 0 Å². The molecule has 0 aliphatic carbocycles. The molecule has 0 fully saturated rings. The number of phenols is 1. The SMILES string of the molecule is COc1cc(-n2c3c(c4c(O)cc(F)cc42)-c2ccc(C(=O)O)c(c2)O[n+]2cncc(c2)CCC3(C)C)ccc1F. The molecule has 0 unspecified atom stereocenters. The number of rotatable bonds is 3. The Kier molecular flexibility index (Phi) is 6.13. The lowest BCUT2D eigenvalue weighted by Crippen LogP contribution is -2.40. The van der Waals surface area contributed by atoms with Crippen molar-refractivity contribution in [2.75, 3.05) is 7.11 Å². The summed E-state index contributed by atoms with van der Waals surface area (Å²) >= 11 is 0. The molecule has 0 spiro atoms. The van der Waals surface area contributed by atoms with Crippen molar-refractivity contribution in [1.82, 2.24) is 9.55 Å². The number of aromatic carboxylic acids is 1. The Hall–Kier alpha value is -4.99. The second-order valence-electron chi connectivity index (χ2n) is 10.6. The van der Waals surface area contributed by atoms with E-state index in [1.54, 1.807) is 35.2 Å². The molecule has 3 heterocycles. The van der Waals surface area contributed by atoms with Gasteiger partial charge >= 0.3 is 12.3 Å². The molecule has 3 aromatic carbocycles. The van der Waals surface area contributed by atoms with Crippen LogP contribution in [0.2, 0.25) is 0 Å². The van der Waals surface area contributed by atoms with Crippen LogP contribution in [0.5, 0.6) is 17.2 Å². The highest BCUT2D eigenvalue weighted by molar-refractivity contribution is 6.04. The van der Waals surface area contributed by atoms with Gasteiger partial charge in [-0.2, -0.15) is 0 Å². The molecule has 2 N–H and O–H groups in total. The lowest BCUT2D eigenvalue weighted by atomic mass is 9.79. The van der Waals surface area contributed by atoms with Gasteiger partial charge in [0.05, 0.1) is 18.0 Å². The van der Waals surface area contributed by atoms with Gasteiger partial charge in [-0.15, -0.1) is 0 Å². The van der Waals surface area contributed by atoms with Crippen LogP contribution in [0.15, 0.2) is 67.3 Å². The monoisotopic (exact) mass is 558 g/mol. The Morgan fingerprint density at radius 2 is 1.95 bits per heavy atom. The van der Waals surface area contributed by atoms with Crippen LogP contribution >= 0.6 is 0 Å². The van der Waals surface area contributed by atoms with E-state index in [1.807, 2.05) is 13.8 Å². The second-order valence-corrected chi connectivity index (χ2v) is 10.6. The normalized spacial score (nSPS) is 14.0. The minimum absolute atomic E-state index is 0.00565. The van der Waals surface area contributed by atoms with Crippen molar-refractivity contribution >= 4 is 16.9 Å². The molecule has 10 heteroatoms. The summed E-state index contributed by atoms with van der Waals surface area (Å²) in [5.74, 6) is -2.63. The number of benzene rings is 3. The van der Waals surface area contributed by atoms with Gasteiger partial charge in [-0.05, 0) is 53.5 Å². The van der Waals surface area contributed by atoms with Gasteiger partial charge < -0.3 is 19.5 Å². The Labute approximate surface area is 233 Å². The van der Waals surface area contributed by atoms with E-state index in [2.05, 4.69) is 4.98 Å². The van der Waals surface area contributed by atoms with Crippen molar-refractivity contribution in [2.45, 2.75) is 32.1 Å². The maximum absolute atomic E-state index is 14.9. The van der Waals surface area contributed by atoms with Crippen LogP contribution in [0.1, 0.15) is 41.9 Å². The molecule has 8 nitrogen and oxygen atoms in total. The van der Waals surface area contributed by atoms with Crippen LogP contribution < -0.4 is 14.3 Å². The predicted octanol–water partition coefficient (Wildman–Crippen LogP) is 5.74. The molecule has 0 amide bonds. The summed E-state index contributed by atoms with van der Waals surface area (Å²) in [6.45, 7) is 4.07. The number of aryl methyl sites for hydroxylation is 1. The van der Waals surface area contributed by atoms with Gasteiger partial charge in [-0.25, -0.2) is 13.6 Å². The van der Waals surface area contributed by atoms with Crippen LogP contribution in [-0.4, -0.2) is 32.8 Å². The molecular weight excluding hydrogens is 532 g/mol. The topological polar surface area (TPSA) is 97.7 Å². The number of halogens is 2. The highest BCUT2D eigenvalue weighted by Crippen LogP contribution is 2.48. The van der Waals surface area contributed by atoms with Crippen molar-refractivity contribution < 1.29 is 38.1 Å². The second kappa shape index (κ2) is 9.58. The number of methoxy groups -OCH3 is 1. The van der Waals surface area contributed by atoms with E-state index in [4.69, 9.17) is 9.57 Å². The van der Waals surface area contributed by atoms with Crippen molar-refractivity contribution in [2.24, 2.45) is 0 Å². The zero-order valence-electron chi connectivity index (χ0n) is 22.5. The Bertz CT molecular complexity index is 1870. The quantitative estimate of drug-likeness (QED) is 0.274. The fourth-order valence-electron chi connectivity index (χ4n) is 5.56. The minimum Gasteiger partial charge on any atom is -0.507 e. The van der Waals surface area contributed by atoms with Gasteiger partial charge in [-0.3, -0.25) is 4.84 Å². The highest BCUT2D eigenvalue weighted by atomic mass is 19.1. The first-order valence-electron chi connectivity index (χ1n) is 12.9. The van der Waals surface area contributed by atoms with E-state index in [1.165, 1.54) is 42.4 Å². The molecule has 2 aromatic heterocycles. The summed E-state index contributed by atoms with van der Waals surface area (Å²) in [7, 11) is 1.36. The van der Waals surface area contributed by atoms with Crippen molar-refractivity contribution in [3.8, 4) is 34.1 Å². The summed E-state index contributed by atoms with van der Waals surface area (Å²) in [5.41, 5.74) is 2.81. The number of carboxylic acids is 1. The molecular formula is C31H26F2N3O5+. The third-order valence-corrected chi connectivity index (χ3v) is 7.50. The molecule has 1 aliphatic rings. The number of aromatic nitrogens is 3. The van der Waals surface area contributed by atoms with Crippen LogP contribution in [-0.2, 0) is 11.8 Å². The van der Waals surface area contributed by atoms with E-state index in [-0.39, 0.29) is 22.8 Å².